The van der Waals surface area contributed by atoms with Gasteiger partial charge in [0.1, 0.15) is 11.6 Å². The third-order valence-corrected chi connectivity index (χ3v) is 4.08. The molecule has 25 heavy (non-hydrogen) atoms. The van der Waals surface area contributed by atoms with Crippen molar-refractivity contribution < 1.29 is 13.6 Å². The van der Waals surface area contributed by atoms with Crippen molar-refractivity contribution in [3.63, 3.8) is 0 Å². The summed E-state index contributed by atoms with van der Waals surface area (Å²) in [5.74, 6) is -1.05. The van der Waals surface area contributed by atoms with Crippen LogP contribution >= 0.6 is 12.4 Å². The summed E-state index contributed by atoms with van der Waals surface area (Å²) < 4.78 is 27.1. The molecule has 1 amide bonds. The molecule has 7 heteroatoms. The molecule has 0 aliphatic carbocycles. The Kier molecular flexibility index (Phi) is 6.87. The van der Waals surface area contributed by atoms with E-state index in [4.69, 9.17) is 0 Å². The summed E-state index contributed by atoms with van der Waals surface area (Å²) in [6, 6.07) is 12.4. The summed E-state index contributed by atoms with van der Waals surface area (Å²) in [7, 11) is 0. The number of carbonyl (C=O) groups is 1. The average Bonchev–Trinajstić information content (AvgIpc) is 2.57. The zero-order valence-electron chi connectivity index (χ0n) is 13.5. The molecule has 0 spiro atoms. The van der Waals surface area contributed by atoms with Crippen molar-refractivity contribution in [3.8, 4) is 0 Å². The van der Waals surface area contributed by atoms with Crippen LogP contribution in [0.1, 0.15) is 11.6 Å². The van der Waals surface area contributed by atoms with E-state index in [-0.39, 0.29) is 42.4 Å². The van der Waals surface area contributed by atoms with E-state index in [1.807, 2.05) is 11.0 Å². The van der Waals surface area contributed by atoms with Gasteiger partial charge in [-0.1, -0.05) is 24.3 Å². The molecular weight excluding hydrogens is 348 g/mol. The van der Waals surface area contributed by atoms with E-state index >= 15 is 0 Å². The molecule has 134 valence electrons. The Labute approximate surface area is 151 Å². The number of carbonyl (C=O) groups excluding carboxylic acids is 1. The Morgan fingerprint density at radius 3 is 2.76 bits per heavy atom. The van der Waals surface area contributed by atoms with Crippen molar-refractivity contribution in [2.75, 3.05) is 31.5 Å². The molecule has 0 radical (unpaired) electrons. The van der Waals surface area contributed by atoms with Gasteiger partial charge in [-0.15, -0.1) is 12.4 Å². The summed E-state index contributed by atoms with van der Waals surface area (Å²) in [5.41, 5.74) is 0.987. The van der Waals surface area contributed by atoms with Crippen LogP contribution in [0.25, 0.3) is 0 Å². The molecule has 1 fully saturated rings. The molecule has 1 unspecified atom stereocenters. The normalized spacial score (nSPS) is 17.6. The zero-order valence-corrected chi connectivity index (χ0v) is 14.4. The lowest BCUT2D eigenvalue weighted by molar-refractivity contribution is -0.118. The predicted octanol–water partition coefficient (Wildman–Crippen LogP) is 2.97. The minimum Gasteiger partial charge on any atom is -0.322 e. The maximum atomic E-state index is 13.6. The lowest BCUT2D eigenvalue weighted by atomic mass is 10.0. The summed E-state index contributed by atoms with van der Waals surface area (Å²) >= 11 is 0. The second-order valence-electron chi connectivity index (χ2n) is 5.77. The van der Waals surface area contributed by atoms with Crippen molar-refractivity contribution in [2.24, 2.45) is 0 Å². The van der Waals surface area contributed by atoms with Crippen LogP contribution in [0.5, 0.6) is 0 Å². The van der Waals surface area contributed by atoms with Gasteiger partial charge in [0.15, 0.2) is 0 Å². The first-order valence-electron chi connectivity index (χ1n) is 7.88. The average molecular weight is 368 g/mol. The summed E-state index contributed by atoms with van der Waals surface area (Å²) in [6.45, 7) is 2.16. The number of amides is 1. The van der Waals surface area contributed by atoms with Gasteiger partial charge in [-0.05, 0) is 29.8 Å². The van der Waals surface area contributed by atoms with Crippen LogP contribution in [-0.4, -0.2) is 37.0 Å². The largest absolute Gasteiger partial charge is 0.322 e. The van der Waals surface area contributed by atoms with Crippen molar-refractivity contribution in [1.82, 2.24) is 10.2 Å². The SMILES string of the molecule is Cl.O=C(CN1CCNCC1c1cccc(F)c1)Nc1ccccc1F. The van der Waals surface area contributed by atoms with Gasteiger partial charge >= 0.3 is 0 Å². The molecule has 1 aliphatic heterocycles. The van der Waals surface area contributed by atoms with Gasteiger partial charge in [-0.25, -0.2) is 8.78 Å². The molecule has 1 saturated heterocycles. The van der Waals surface area contributed by atoms with Crippen molar-refractivity contribution in [2.45, 2.75) is 6.04 Å². The van der Waals surface area contributed by atoms with Crippen molar-refractivity contribution in [1.29, 1.82) is 0 Å². The topological polar surface area (TPSA) is 44.4 Å². The lowest BCUT2D eigenvalue weighted by Crippen LogP contribution is -2.48. The third kappa shape index (κ3) is 4.98. The van der Waals surface area contributed by atoms with Gasteiger partial charge in [-0.2, -0.15) is 0 Å². The third-order valence-electron chi connectivity index (χ3n) is 4.08. The number of halogens is 3. The summed E-state index contributed by atoms with van der Waals surface area (Å²) in [4.78, 5) is 14.2. The summed E-state index contributed by atoms with van der Waals surface area (Å²) in [5, 5.41) is 5.85. The number of nitrogens with one attached hydrogen (secondary N) is 2. The maximum Gasteiger partial charge on any atom is 0.238 e. The van der Waals surface area contributed by atoms with Gasteiger partial charge in [-0.3, -0.25) is 9.69 Å². The van der Waals surface area contributed by atoms with E-state index in [0.717, 1.165) is 12.1 Å². The van der Waals surface area contributed by atoms with E-state index in [0.29, 0.717) is 13.1 Å². The van der Waals surface area contributed by atoms with Gasteiger partial charge < -0.3 is 10.6 Å². The highest BCUT2D eigenvalue weighted by molar-refractivity contribution is 5.92. The standard InChI is InChI=1S/C18H19F2N3O.ClH/c19-14-5-3-4-13(10-14)17-11-21-8-9-23(17)12-18(24)22-16-7-2-1-6-15(16)20;/h1-7,10,17,21H,8-9,11-12H2,(H,22,24);1H. The Hall–Kier alpha value is -2.02. The fourth-order valence-corrected chi connectivity index (χ4v) is 2.91. The smallest absolute Gasteiger partial charge is 0.238 e. The Bertz CT molecular complexity index is 729. The molecule has 3 rings (SSSR count). The number of rotatable bonds is 4. The van der Waals surface area contributed by atoms with Crippen LogP contribution in [0.4, 0.5) is 14.5 Å². The first-order valence-corrected chi connectivity index (χ1v) is 7.88. The van der Waals surface area contributed by atoms with E-state index in [1.165, 1.54) is 24.3 Å². The number of piperazine rings is 1. The van der Waals surface area contributed by atoms with Gasteiger partial charge in [0, 0.05) is 25.7 Å². The Morgan fingerprint density at radius 1 is 1.20 bits per heavy atom. The zero-order chi connectivity index (χ0) is 16.9. The van der Waals surface area contributed by atoms with Gasteiger partial charge in [0.2, 0.25) is 5.91 Å². The minimum absolute atomic E-state index is 0. The van der Waals surface area contributed by atoms with Crippen molar-refractivity contribution >= 4 is 24.0 Å². The first kappa shape index (κ1) is 19.3. The highest BCUT2D eigenvalue weighted by Crippen LogP contribution is 2.23. The molecular formula is C18H20ClF2N3O. The number of hydrogen-bond donors (Lipinski definition) is 2. The van der Waals surface area contributed by atoms with E-state index in [1.54, 1.807) is 18.2 Å². The number of para-hydroxylation sites is 1. The van der Waals surface area contributed by atoms with E-state index in [9.17, 15) is 13.6 Å². The molecule has 0 saturated carbocycles. The fraction of sp³-hybridized carbons (Fsp3) is 0.278. The van der Waals surface area contributed by atoms with Crippen LogP contribution < -0.4 is 10.6 Å². The van der Waals surface area contributed by atoms with Crippen molar-refractivity contribution in [3.05, 3.63) is 65.7 Å². The molecule has 2 N–H and O–H groups in total. The highest BCUT2D eigenvalue weighted by Gasteiger charge is 2.26. The number of nitrogens with zero attached hydrogens (tertiary/aromatic N) is 1. The molecule has 2 aromatic rings. The molecule has 0 aromatic heterocycles. The monoisotopic (exact) mass is 367 g/mol. The highest BCUT2D eigenvalue weighted by atomic mass is 35.5. The van der Waals surface area contributed by atoms with Gasteiger partial charge in [0.25, 0.3) is 0 Å². The van der Waals surface area contributed by atoms with E-state index < -0.39 is 5.82 Å². The molecule has 1 aliphatic rings. The van der Waals surface area contributed by atoms with Crippen LogP contribution in [-0.2, 0) is 4.79 Å². The molecule has 2 aromatic carbocycles. The predicted molar refractivity (Wildman–Crippen MR) is 95.9 cm³/mol. The Morgan fingerprint density at radius 2 is 2.00 bits per heavy atom. The second kappa shape index (κ2) is 8.89. The molecule has 0 bridgehead atoms. The lowest BCUT2D eigenvalue weighted by Gasteiger charge is -2.36. The Balaban J connectivity index is 0.00000225. The maximum absolute atomic E-state index is 13.6. The molecule has 1 atom stereocenters. The number of anilines is 1. The van der Waals surface area contributed by atoms with E-state index in [2.05, 4.69) is 10.6 Å². The number of benzene rings is 2. The van der Waals surface area contributed by atoms with Crippen LogP contribution in [0.3, 0.4) is 0 Å². The molecule has 4 nitrogen and oxygen atoms in total. The second-order valence-corrected chi connectivity index (χ2v) is 5.77. The van der Waals surface area contributed by atoms with Gasteiger partial charge in [0.05, 0.1) is 12.2 Å². The quantitative estimate of drug-likeness (QED) is 0.873. The summed E-state index contributed by atoms with van der Waals surface area (Å²) in [6.07, 6.45) is 0. The van der Waals surface area contributed by atoms with Crippen LogP contribution in [0, 0.1) is 11.6 Å². The molecule has 1 heterocycles. The minimum atomic E-state index is -0.465. The fourth-order valence-electron chi connectivity index (χ4n) is 2.91. The van der Waals surface area contributed by atoms with Crippen LogP contribution in [0.15, 0.2) is 48.5 Å². The first-order chi connectivity index (χ1) is 11.6. The number of hydrogen-bond acceptors (Lipinski definition) is 3. The van der Waals surface area contributed by atoms with Crippen LogP contribution in [0.2, 0.25) is 0 Å².